The second kappa shape index (κ2) is 6.39. The smallest absolute Gasteiger partial charge is 0.166 e. The van der Waals surface area contributed by atoms with Crippen molar-refractivity contribution >= 4 is 0 Å². The van der Waals surface area contributed by atoms with Crippen molar-refractivity contribution in [1.29, 1.82) is 0 Å². The summed E-state index contributed by atoms with van der Waals surface area (Å²) in [6.45, 7) is 5.97. The molecular formula is C20H23FN2O2. The first-order chi connectivity index (χ1) is 12.1. The molecule has 0 spiro atoms. The van der Waals surface area contributed by atoms with Crippen molar-refractivity contribution in [2.45, 2.75) is 39.0 Å². The van der Waals surface area contributed by atoms with Gasteiger partial charge in [-0.05, 0) is 36.2 Å². The van der Waals surface area contributed by atoms with Gasteiger partial charge in [-0.1, -0.05) is 19.9 Å². The summed E-state index contributed by atoms with van der Waals surface area (Å²) < 4.78 is 25.7. The lowest BCUT2D eigenvalue weighted by Crippen LogP contribution is -2.65. The topological polar surface area (TPSA) is 43.4 Å². The molecule has 3 atom stereocenters. The zero-order valence-electron chi connectivity index (χ0n) is 14.5. The fourth-order valence-corrected chi connectivity index (χ4v) is 4.24. The Labute approximate surface area is 147 Å². The maximum Gasteiger partial charge on any atom is 0.166 e. The Morgan fingerprint density at radius 2 is 2.24 bits per heavy atom. The molecule has 25 heavy (non-hydrogen) atoms. The van der Waals surface area contributed by atoms with Gasteiger partial charge in [-0.3, -0.25) is 4.98 Å². The molecule has 2 heterocycles. The predicted octanol–water partition coefficient (Wildman–Crippen LogP) is 3.92. The van der Waals surface area contributed by atoms with Gasteiger partial charge < -0.3 is 14.8 Å². The lowest BCUT2D eigenvalue weighted by Gasteiger charge is -2.55. The first-order valence-corrected chi connectivity index (χ1v) is 8.77. The van der Waals surface area contributed by atoms with Gasteiger partial charge in [-0.25, -0.2) is 4.39 Å². The van der Waals surface area contributed by atoms with Gasteiger partial charge in [0.1, 0.15) is 5.75 Å². The fourth-order valence-electron chi connectivity index (χ4n) is 4.24. The zero-order chi connectivity index (χ0) is 17.4. The first kappa shape index (κ1) is 16.5. The number of hydrogen-bond donors (Lipinski definition) is 1. The van der Waals surface area contributed by atoms with E-state index in [9.17, 15) is 4.39 Å². The molecule has 1 saturated carbocycles. The highest BCUT2D eigenvalue weighted by Gasteiger charge is 2.58. The van der Waals surface area contributed by atoms with Crippen LogP contribution in [0.4, 0.5) is 4.39 Å². The molecule has 4 rings (SSSR count). The molecule has 0 bridgehead atoms. The van der Waals surface area contributed by atoms with E-state index >= 15 is 0 Å². The van der Waals surface area contributed by atoms with E-state index in [1.165, 1.54) is 6.07 Å². The van der Waals surface area contributed by atoms with Crippen molar-refractivity contribution in [3.05, 3.63) is 54.1 Å². The van der Waals surface area contributed by atoms with Crippen LogP contribution in [0.25, 0.3) is 0 Å². The summed E-state index contributed by atoms with van der Waals surface area (Å²) in [4.78, 5) is 3.96. The second-order valence-electron chi connectivity index (χ2n) is 7.48. The molecule has 1 aliphatic heterocycles. The minimum Gasteiger partial charge on any atom is -0.453 e. The number of rotatable bonds is 5. The Hall–Kier alpha value is -1.98. The van der Waals surface area contributed by atoms with Crippen LogP contribution in [0.3, 0.4) is 0 Å². The Kier molecular flexibility index (Phi) is 4.21. The lowest BCUT2D eigenvalue weighted by molar-refractivity contribution is -0.113. The lowest BCUT2D eigenvalue weighted by atomic mass is 9.57. The average molecular weight is 342 g/mol. The van der Waals surface area contributed by atoms with Gasteiger partial charge in [0.05, 0.1) is 12.3 Å². The van der Waals surface area contributed by atoms with E-state index < -0.39 is 0 Å². The summed E-state index contributed by atoms with van der Waals surface area (Å²) in [6, 6.07) is 9.02. The van der Waals surface area contributed by atoms with Crippen LogP contribution >= 0.6 is 0 Å². The number of benzene rings is 1. The molecular weight excluding hydrogens is 319 g/mol. The molecule has 1 aromatic heterocycles. The molecule has 1 saturated heterocycles. The van der Waals surface area contributed by atoms with Gasteiger partial charge in [0, 0.05) is 36.7 Å². The van der Waals surface area contributed by atoms with E-state index in [0.717, 1.165) is 18.6 Å². The molecule has 132 valence electrons. The number of nitrogens with one attached hydrogen (secondary N) is 1. The standard InChI is InChI=1S/C20H23FN2O2/c1-20(2)18(15-7-9-24-19(15)20)23-11-13-5-6-17(16(21)10-13)25-14-4-3-8-22-12-14/h3-6,8,10,12,15,18-19,23H,7,9,11H2,1-2H3/t15-,18?,19-/m0/s1. The SMILES string of the molecule is CC1(C)C(NCc2ccc(Oc3cccnc3)c(F)c2)[C@@H]2CCO[C@@H]21. The third-order valence-electron chi connectivity index (χ3n) is 5.49. The number of pyridine rings is 1. The largest absolute Gasteiger partial charge is 0.453 e. The third-order valence-corrected chi connectivity index (χ3v) is 5.49. The molecule has 1 aromatic carbocycles. The second-order valence-corrected chi connectivity index (χ2v) is 7.48. The van der Waals surface area contributed by atoms with Gasteiger partial charge in [0.2, 0.25) is 0 Å². The predicted molar refractivity (Wildman–Crippen MR) is 93.0 cm³/mol. The molecule has 2 aromatic rings. The molecule has 1 N–H and O–H groups in total. The number of nitrogens with zero attached hydrogens (tertiary/aromatic N) is 1. The third kappa shape index (κ3) is 3.02. The Morgan fingerprint density at radius 1 is 1.36 bits per heavy atom. The van der Waals surface area contributed by atoms with Crippen molar-refractivity contribution < 1.29 is 13.9 Å². The van der Waals surface area contributed by atoms with E-state index in [0.29, 0.717) is 30.4 Å². The summed E-state index contributed by atoms with van der Waals surface area (Å²) in [5, 5.41) is 3.60. The van der Waals surface area contributed by atoms with Crippen molar-refractivity contribution in [2.75, 3.05) is 6.61 Å². The van der Waals surface area contributed by atoms with Crippen LogP contribution in [0.5, 0.6) is 11.5 Å². The monoisotopic (exact) mass is 342 g/mol. The molecule has 0 amide bonds. The molecule has 5 heteroatoms. The summed E-state index contributed by atoms with van der Waals surface area (Å²) >= 11 is 0. The number of aromatic nitrogens is 1. The molecule has 1 unspecified atom stereocenters. The molecule has 2 fully saturated rings. The minimum atomic E-state index is -0.363. The fraction of sp³-hybridized carbons (Fsp3) is 0.450. The van der Waals surface area contributed by atoms with E-state index in [1.54, 1.807) is 30.6 Å². The molecule has 2 aliphatic rings. The first-order valence-electron chi connectivity index (χ1n) is 8.77. The quantitative estimate of drug-likeness (QED) is 0.894. The summed E-state index contributed by atoms with van der Waals surface area (Å²) in [6.07, 6.45) is 4.68. The van der Waals surface area contributed by atoms with Crippen LogP contribution in [-0.4, -0.2) is 23.7 Å². The highest BCUT2D eigenvalue weighted by Crippen LogP contribution is 2.52. The number of hydrogen-bond acceptors (Lipinski definition) is 4. The van der Waals surface area contributed by atoms with Crippen molar-refractivity contribution in [3.8, 4) is 11.5 Å². The normalized spacial score (nSPS) is 26.8. The van der Waals surface area contributed by atoms with Crippen LogP contribution in [0.2, 0.25) is 0 Å². The number of ether oxygens (including phenoxy) is 2. The van der Waals surface area contributed by atoms with Crippen molar-refractivity contribution in [1.82, 2.24) is 10.3 Å². The molecule has 0 radical (unpaired) electrons. The van der Waals surface area contributed by atoms with Crippen molar-refractivity contribution in [2.24, 2.45) is 11.3 Å². The highest BCUT2D eigenvalue weighted by atomic mass is 19.1. The average Bonchev–Trinajstić information content (AvgIpc) is 3.05. The van der Waals surface area contributed by atoms with Crippen LogP contribution in [0.15, 0.2) is 42.7 Å². The van der Waals surface area contributed by atoms with E-state index in [2.05, 4.69) is 24.1 Å². The Bertz CT molecular complexity index is 751. The number of fused-ring (bicyclic) bond motifs is 1. The highest BCUT2D eigenvalue weighted by molar-refractivity contribution is 5.33. The van der Waals surface area contributed by atoms with E-state index in [1.807, 2.05) is 6.07 Å². The summed E-state index contributed by atoms with van der Waals surface area (Å²) in [5.74, 6) is 0.951. The van der Waals surface area contributed by atoms with Gasteiger partial charge in [-0.15, -0.1) is 0 Å². The minimum absolute atomic E-state index is 0.128. The molecule has 1 aliphatic carbocycles. The Morgan fingerprint density at radius 3 is 3.00 bits per heavy atom. The maximum absolute atomic E-state index is 14.3. The Balaban J connectivity index is 1.40. The van der Waals surface area contributed by atoms with Crippen LogP contribution in [-0.2, 0) is 11.3 Å². The van der Waals surface area contributed by atoms with E-state index in [4.69, 9.17) is 9.47 Å². The van der Waals surface area contributed by atoms with Crippen molar-refractivity contribution in [3.63, 3.8) is 0 Å². The van der Waals surface area contributed by atoms with Crippen LogP contribution in [0, 0.1) is 17.2 Å². The summed E-state index contributed by atoms with van der Waals surface area (Å²) in [5.41, 5.74) is 1.04. The van der Waals surface area contributed by atoms with Gasteiger partial charge >= 0.3 is 0 Å². The van der Waals surface area contributed by atoms with Gasteiger partial charge in [0.25, 0.3) is 0 Å². The van der Waals surface area contributed by atoms with Gasteiger partial charge in [-0.2, -0.15) is 0 Å². The van der Waals surface area contributed by atoms with Gasteiger partial charge in [0.15, 0.2) is 11.6 Å². The number of halogens is 1. The summed E-state index contributed by atoms with van der Waals surface area (Å²) in [7, 11) is 0. The van der Waals surface area contributed by atoms with Crippen LogP contribution in [0.1, 0.15) is 25.8 Å². The van der Waals surface area contributed by atoms with Crippen LogP contribution < -0.4 is 10.1 Å². The maximum atomic E-state index is 14.3. The molecule has 4 nitrogen and oxygen atoms in total. The van der Waals surface area contributed by atoms with E-state index in [-0.39, 0.29) is 17.0 Å². The zero-order valence-corrected chi connectivity index (χ0v) is 14.5.